The van der Waals surface area contributed by atoms with E-state index in [1.165, 1.54) is 5.56 Å². The molecule has 3 aromatic carbocycles. The third-order valence-electron chi connectivity index (χ3n) is 6.40. The van der Waals surface area contributed by atoms with Gasteiger partial charge < -0.3 is 9.31 Å². The summed E-state index contributed by atoms with van der Waals surface area (Å²) in [5.41, 5.74) is 3.66. The van der Waals surface area contributed by atoms with Crippen LogP contribution < -0.4 is 5.72 Å². The van der Waals surface area contributed by atoms with E-state index in [0.29, 0.717) is 17.4 Å². The van der Waals surface area contributed by atoms with Crippen molar-refractivity contribution < 1.29 is 9.31 Å². The molecule has 6 heteroatoms. The fourth-order valence-corrected chi connectivity index (χ4v) is 3.73. The highest BCUT2D eigenvalue weighted by atomic mass is 16.7. The molecule has 2 heterocycles. The summed E-state index contributed by atoms with van der Waals surface area (Å²) >= 11 is 0. The molecule has 1 aliphatic rings. The quantitative estimate of drug-likeness (QED) is 0.414. The Kier molecular flexibility index (Phi) is 5.35. The zero-order valence-corrected chi connectivity index (χ0v) is 19.3. The molecule has 0 unspecified atom stereocenters. The van der Waals surface area contributed by atoms with Crippen LogP contribution in [0, 0.1) is 0 Å². The minimum Gasteiger partial charge on any atom is -0.397 e. The van der Waals surface area contributed by atoms with Crippen LogP contribution in [0.3, 0.4) is 0 Å². The Hall–Kier alpha value is -3.35. The molecule has 0 amide bonds. The van der Waals surface area contributed by atoms with Crippen molar-refractivity contribution in [2.75, 3.05) is 0 Å². The van der Waals surface area contributed by atoms with Gasteiger partial charge in [0.1, 0.15) is 0 Å². The monoisotopic (exact) mass is 435 g/mol. The van der Waals surface area contributed by atoms with Crippen LogP contribution in [-0.2, 0) is 9.31 Å². The second-order valence-electron chi connectivity index (χ2n) is 9.24. The second kappa shape index (κ2) is 8.21. The first-order valence-corrected chi connectivity index (χ1v) is 11.2. The van der Waals surface area contributed by atoms with Crippen molar-refractivity contribution in [3.63, 3.8) is 0 Å². The lowest BCUT2D eigenvalue weighted by molar-refractivity contribution is 0.00578. The van der Waals surface area contributed by atoms with Crippen molar-refractivity contribution in [3.05, 3.63) is 84.9 Å². The van der Waals surface area contributed by atoms with Crippen LogP contribution in [-0.4, -0.2) is 33.3 Å². The van der Waals surface area contributed by atoms with Crippen LogP contribution in [0.15, 0.2) is 84.9 Å². The molecule has 5 rings (SSSR count). The predicted octanol–water partition coefficient (Wildman–Crippen LogP) is 5.17. The topological polar surface area (TPSA) is 57.1 Å². The van der Waals surface area contributed by atoms with Gasteiger partial charge in [0.05, 0.1) is 11.2 Å². The van der Waals surface area contributed by atoms with Crippen LogP contribution in [0.5, 0.6) is 0 Å². The van der Waals surface area contributed by atoms with Crippen LogP contribution in [0.1, 0.15) is 27.7 Å². The molecule has 0 N–H and O–H groups in total. The molecule has 0 saturated carbocycles. The van der Waals surface area contributed by atoms with E-state index in [0.717, 1.165) is 16.7 Å². The zero-order valence-electron chi connectivity index (χ0n) is 19.3. The van der Waals surface area contributed by atoms with Gasteiger partial charge in [-0.2, -0.15) is 0 Å². The highest BCUT2D eigenvalue weighted by Crippen LogP contribution is 2.36. The lowest BCUT2D eigenvalue weighted by Gasteiger charge is -2.32. The van der Waals surface area contributed by atoms with Crippen molar-refractivity contribution in [1.82, 2.24) is 15.0 Å². The molecule has 4 aromatic rings. The van der Waals surface area contributed by atoms with E-state index in [4.69, 9.17) is 24.3 Å². The van der Waals surface area contributed by atoms with Crippen LogP contribution in [0.4, 0.5) is 0 Å². The molecule has 1 saturated heterocycles. The van der Waals surface area contributed by atoms with Gasteiger partial charge in [-0.15, -0.1) is 0 Å². The smallest absolute Gasteiger partial charge is 0.397 e. The van der Waals surface area contributed by atoms with Gasteiger partial charge in [-0.1, -0.05) is 84.9 Å². The molecule has 0 aliphatic carbocycles. The van der Waals surface area contributed by atoms with Gasteiger partial charge in [0.2, 0.25) is 0 Å². The van der Waals surface area contributed by atoms with E-state index in [2.05, 4.69) is 24.3 Å². The van der Waals surface area contributed by atoms with Gasteiger partial charge in [-0.25, -0.2) is 15.0 Å². The molecular formula is C27H26BN3O2. The van der Waals surface area contributed by atoms with Crippen molar-refractivity contribution in [1.29, 1.82) is 0 Å². The highest BCUT2D eigenvalue weighted by molar-refractivity contribution is 6.60. The first kappa shape index (κ1) is 21.5. The summed E-state index contributed by atoms with van der Waals surface area (Å²) in [6.07, 6.45) is 0. The van der Waals surface area contributed by atoms with Gasteiger partial charge in [0, 0.05) is 11.1 Å². The molecule has 1 aromatic heterocycles. The Balaban J connectivity index is 1.57. The summed E-state index contributed by atoms with van der Waals surface area (Å²) in [7, 11) is -0.664. The first-order valence-electron chi connectivity index (χ1n) is 11.2. The van der Waals surface area contributed by atoms with Gasteiger partial charge in [0.25, 0.3) is 0 Å². The molecule has 5 nitrogen and oxygen atoms in total. The fourth-order valence-electron chi connectivity index (χ4n) is 3.73. The third kappa shape index (κ3) is 4.20. The minimum absolute atomic E-state index is 0.477. The largest absolute Gasteiger partial charge is 0.534 e. The Labute approximate surface area is 195 Å². The van der Waals surface area contributed by atoms with Gasteiger partial charge in [0.15, 0.2) is 17.4 Å². The summed E-state index contributed by atoms with van der Waals surface area (Å²) in [6.45, 7) is 8.09. The Morgan fingerprint density at radius 3 is 1.42 bits per heavy atom. The number of benzene rings is 3. The SMILES string of the molecule is CC1(C)OB(c2nc(-c3ccccc3)nc(-c3ccc(-c4ccccc4)cc3)n2)OC1(C)C. The van der Waals surface area contributed by atoms with Gasteiger partial charge in [-0.05, 0) is 38.8 Å². The third-order valence-corrected chi connectivity index (χ3v) is 6.40. The highest BCUT2D eigenvalue weighted by Gasteiger charge is 2.53. The van der Waals surface area contributed by atoms with Crippen molar-refractivity contribution in [2.24, 2.45) is 0 Å². The average molecular weight is 435 g/mol. The van der Waals surface area contributed by atoms with E-state index in [1.807, 2.05) is 88.4 Å². The van der Waals surface area contributed by atoms with E-state index in [-0.39, 0.29) is 0 Å². The molecule has 0 atom stereocenters. The maximum Gasteiger partial charge on any atom is 0.534 e. The molecule has 1 fully saturated rings. The van der Waals surface area contributed by atoms with E-state index >= 15 is 0 Å². The summed E-state index contributed by atoms with van der Waals surface area (Å²) in [6, 6.07) is 28.5. The van der Waals surface area contributed by atoms with Crippen molar-refractivity contribution in [3.8, 4) is 33.9 Å². The summed E-state index contributed by atoms with van der Waals surface area (Å²) < 4.78 is 12.5. The Morgan fingerprint density at radius 2 is 0.909 bits per heavy atom. The second-order valence-corrected chi connectivity index (χ2v) is 9.24. The maximum absolute atomic E-state index is 6.23. The lowest BCUT2D eigenvalue weighted by Crippen LogP contribution is -2.41. The van der Waals surface area contributed by atoms with Gasteiger partial charge in [-0.3, -0.25) is 0 Å². The van der Waals surface area contributed by atoms with Gasteiger partial charge >= 0.3 is 7.12 Å². The summed E-state index contributed by atoms with van der Waals surface area (Å²) in [5.74, 6) is 1.19. The van der Waals surface area contributed by atoms with Crippen LogP contribution in [0.2, 0.25) is 0 Å². The Bertz CT molecular complexity index is 1240. The van der Waals surface area contributed by atoms with Crippen molar-refractivity contribution in [2.45, 2.75) is 38.9 Å². The summed E-state index contributed by atoms with van der Waals surface area (Å²) in [5, 5.41) is 0. The number of hydrogen-bond acceptors (Lipinski definition) is 5. The molecule has 0 spiro atoms. The predicted molar refractivity (Wildman–Crippen MR) is 132 cm³/mol. The van der Waals surface area contributed by atoms with Crippen LogP contribution >= 0.6 is 0 Å². The first-order chi connectivity index (χ1) is 15.8. The van der Waals surface area contributed by atoms with E-state index < -0.39 is 18.3 Å². The number of hydrogen-bond donors (Lipinski definition) is 0. The average Bonchev–Trinajstić information content (AvgIpc) is 3.07. The maximum atomic E-state index is 6.23. The molecule has 164 valence electrons. The van der Waals surface area contributed by atoms with Crippen molar-refractivity contribution >= 4 is 12.8 Å². The lowest BCUT2D eigenvalue weighted by atomic mass is 9.89. The molecule has 0 radical (unpaired) electrons. The normalized spacial score (nSPS) is 16.7. The fraction of sp³-hybridized carbons (Fsp3) is 0.222. The number of aromatic nitrogens is 3. The molecule has 0 bridgehead atoms. The van der Waals surface area contributed by atoms with Crippen LogP contribution in [0.25, 0.3) is 33.9 Å². The molecule has 1 aliphatic heterocycles. The number of rotatable bonds is 4. The minimum atomic E-state index is -0.664. The standard InChI is InChI=1S/C27H26BN3O2/c1-26(2)27(3,4)33-28(32-26)25-30-23(21-13-9-6-10-14-21)29-24(31-25)22-17-15-20(16-18-22)19-11-7-5-8-12-19/h5-18H,1-4H3. The zero-order chi connectivity index (χ0) is 23.1. The number of nitrogens with zero attached hydrogens (tertiary/aromatic N) is 3. The summed E-state index contributed by atoms with van der Waals surface area (Å²) in [4.78, 5) is 14.3. The van der Waals surface area contributed by atoms with E-state index in [9.17, 15) is 0 Å². The Morgan fingerprint density at radius 1 is 0.515 bits per heavy atom. The van der Waals surface area contributed by atoms with E-state index in [1.54, 1.807) is 0 Å². The molecule has 33 heavy (non-hydrogen) atoms. The molecular weight excluding hydrogens is 409 g/mol.